The van der Waals surface area contributed by atoms with Crippen molar-refractivity contribution in [2.75, 3.05) is 0 Å². The van der Waals surface area contributed by atoms with Crippen LogP contribution in [0.25, 0.3) is 0 Å². The molecule has 0 unspecified atom stereocenters. The van der Waals surface area contributed by atoms with E-state index in [-0.39, 0.29) is 5.56 Å². The summed E-state index contributed by atoms with van der Waals surface area (Å²) >= 11 is 0. The van der Waals surface area contributed by atoms with Crippen LogP contribution in [0.2, 0.25) is 0 Å². The van der Waals surface area contributed by atoms with Crippen LogP contribution in [0, 0.1) is 0 Å². The maximum absolute atomic E-state index is 10.6. The molecule has 74 valence electrons. The number of aromatic carboxylic acids is 1. The number of hydrogen-bond donors (Lipinski definition) is 2. The first kappa shape index (κ1) is 10.2. The molecule has 2 N–H and O–H groups in total. The number of carboxylic acids is 2. The Bertz CT molecular complexity index is 370. The van der Waals surface area contributed by atoms with Gasteiger partial charge in [0.25, 0.3) is 0 Å². The predicted molar refractivity (Wildman–Crippen MR) is 49.5 cm³/mol. The SMILES string of the molecule is C[C@H](C(=O)O)c1cccc(C(=O)O)c1. The Labute approximate surface area is 80.8 Å². The summed E-state index contributed by atoms with van der Waals surface area (Å²) in [5.74, 6) is -2.70. The molecule has 0 bridgehead atoms. The zero-order valence-corrected chi connectivity index (χ0v) is 7.60. The summed E-state index contributed by atoms with van der Waals surface area (Å²) in [5, 5.41) is 17.4. The van der Waals surface area contributed by atoms with Crippen molar-refractivity contribution in [3.05, 3.63) is 35.4 Å². The first-order valence-electron chi connectivity index (χ1n) is 4.08. The monoisotopic (exact) mass is 194 g/mol. The summed E-state index contributed by atoms with van der Waals surface area (Å²) < 4.78 is 0. The van der Waals surface area contributed by atoms with E-state index in [4.69, 9.17) is 10.2 Å². The summed E-state index contributed by atoms with van der Waals surface area (Å²) in [6.07, 6.45) is 0. The molecule has 0 aliphatic carbocycles. The molecular weight excluding hydrogens is 184 g/mol. The summed E-state index contributed by atoms with van der Waals surface area (Å²) in [6, 6.07) is 5.95. The normalized spacial score (nSPS) is 12.1. The van der Waals surface area contributed by atoms with Crippen molar-refractivity contribution in [2.45, 2.75) is 12.8 Å². The van der Waals surface area contributed by atoms with Crippen LogP contribution < -0.4 is 0 Å². The molecule has 14 heavy (non-hydrogen) atoms. The van der Waals surface area contributed by atoms with E-state index in [2.05, 4.69) is 0 Å². The van der Waals surface area contributed by atoms with Crippen LogP contribution >= 0.6 is 0 Å². The Hall–Kier alpha value is -1.84. The topological polar surface area (TPSA) is 74.6 Å². The highest BCUT2D eigenvalue weighted by atomic mass is 16.4. The van der Waals surface area contributed by atoms with E-state index >= 15 is 0 Å². The number of benzene rings is 1. The molecule has 0 heterocycles. The van der Waals surface area contributed by atoms with Crippen molar-refractivity contribution >= 4 is 11.9 Å². The minimum absolute atomic E-state index is 0.107. The fraction of sp³-hybridized carbons (Fsp3) is 0.200. The molecule has 0 saturated heterocycles. The van der Waals surface area contributed by atoms with Gasteiger partial charge in [0.2, 0.25) is 0 Å². The molecule has 0 aromatic heterocycles. The predicted octanol–water partition coefficient (Wildman–Crippen LogP) is 1.57. The lowest BCUT2D eigenvalue weighted by atomic mass is 9.99. The van der Waals surface area contributed by atoms with Gasteiger partial charge in [-0.15, -0.1) is 0 Å². The van der Waals surface area contributed by atoms with Crippen LogP contribution in [-0.4, -0.2) is 22.2 Å². The lowest BCUT2D eigenvalue weighted by Crippen LogP contribution is -2.08. The molecule has 1 aromatic rings. The van der Waals surface area contributed by atoms with Crippen LogP contribution in [0.4, 0.5) is 0 Å². The highest BCUT2D eigenvalue weighted by molar-refractivity contribution is 5.88. The Balaban J connectivity index is 3.05. The van der Waals surface area contributed by atoms with E-state index in [1.807, 2.05) is 0 Å². The van der Waals surface area contributed by atoms with Gasteiger partial charge in [0.1, 0.15) is 0 Å². The maximum Gasteiger partial charge on any atom is 0.335 e. The fourth-order valence-electron chi connectivity index (χ4n) is 1.08. The van der Waals surface area contributed by atoms with Gasteiger partial charge in [0, 0.05) is 0 Å². The van der Waals surface area contributed by atoms with Crippen molar-refractivity contribution in [1.82, 2.24) is 0 Å². The van der Waals surface area contributed by atoms with Crippen molar-refractivity contribution in [3.63, 3.8) is 0 Å². The van der Waals surface area contributed by atoms with E-state index in [0.29, 0.717) is 5.56 Å². The molecule has 0 aliphatic heterocycles. The lowest BCUT2D eigenvalue weighted by molar-refractivity contribution is -0.138. The highest BCUT2D eigenvalue weighted by Gasteiger charge is 2.14. The maximum atomic E-state index is 10.6. The van der Waals surface area contributed by atoms with E-state index in [1.54, 1.807) is 6.07 Å². The van der Waals surface area contributed by atoms with Crippen LogP contribution in [0.15, 0.2) is 24.3 Å². The molecule has 4 nitrogen and oxygen atoms in total. The van der Waals surface area contributed by atoms with Crippen molar-refractivity contribution < 1.29 is 19.8 Å². The molecule has 0 amide bonds. The van der Waals surface area contributed by atoms with Gasteiger partial charge in [-0.25, -0.2) is 4.79 Å². The number of hydrogen-bond acceptors (Lipinski definition) is 2. The minimum Gasteiger partial charge on any atom is -0.481 e. The Morgan fingerprint density at radius 3 is 2.43 bits per heavy atom. The third kappa shape index (κ3) is 2.10. The second kappa shape index (κ2) is 3.91. The molecule has 0 radical (unpaired) electrons. The number of carboxylic acid groups (broad SMARTS) is 2. The first-order chi connectivity index (χ1) is 6.52. The molecule has 1 atom stereocenters. The molecule has 0 spiro atoms. The second-order valence-corrected chi connectivity index (χ2v) is 2.99. The van der Waals surface area contributed by atoms with Gasteiger partial charge in [0.05, 0.1) is 11.5 Å². The van der Waals surface area contributed by atoms with Crippen LogP contribution in [0.5, 0.6) is 0 Å². The van der Waals surface area contributed by atoms with Gasteiger partial charge in [-0.3, -0.25) is 4.79 Å². The second-order valence-electron chi connectivity index (χ2n) is 2.99. The summed E-state index contributed by atoms with van der Waals surface area (Å²) in [7, 11) is 0. The molecule has 1 aromatic carbocycles. The lowest BCUT2D eigenvalue weighted by Gasteiger charge is -2.06. The Kier molecular flexibility index (Phi) is 2.86. The third-order valence-electron chi connectivity index (χ3n) is 2.00. The Morgan fingerprint density at radius 1 is 1.29 bits per heavy atom. The number of carbonyl (C=O) groups is 2. The van der Waals surface area contributed by atoms with E-state index in [0.717, 1.165) is 0 Å². The molecule has 0 saturated carbocycles. The quantitative estimate of drug-likeness (QED) is 0.765. The molecule has 4 heteroatoms. The number of aliphatic carboxylic acids is 1. The van der Waals surface area contributed by atoms with Gasteiger partial charge in [-0.1, -0.05) is 12.1 Å². The summed E-state index contributed by atoms with van der Waals surface area (Å²) in [5.41, 5.74) is 0.605. The van der Waals surface area contributed by atoms with E-state index < -0.39 is 17.9 Å². The first-order valence-corrected chi connectivity index (χ1v) is 4.08. The fourth-order valence-corrected chi connectivity index (χ4v) is 1.08. The zero-order chi connectivity index (χ0) is 10.7. The molecule has 0 aliphatic rings. The summed E-state index contributed by atoms with van der Waals surface area (Å²) in [6.45, 7) is 1.52. The average Bonchev–Trinajstić information content (AvgIpc) is 2.16. The van der Waals surface area contributed by atoms with Crippen molar-refractivity contribution in [2.24, 2.45) is 0 Å². The molecule has 0 fully saturated rings. The van der Waals surface area contributed by atoms with Gasteiger partial charge < -0.3 is 10.2 Å². The zero-order valence-electron chi connectivity index (χ0n) is 7.60. The smallest absolute Gasteiger partial charge is 0.335 e. The Morgan fingerprint density at radius 2 is 1.93 bits per heavy atom. The van der Waals surface area contributed by atoms with Crippen LogP contribution in [-0.2, 0) is 4.79 Å². The minimum atomic E-state index is -1.05. The van der Waals surface area contributed by atoms with Crippen LogP contribution in [0.1, 0.15) is 28.8 Å². The third-order valence-corrected chi connectivity index (χ3v) is 2.00. The van der Waals surface area contributed by atoms with Gasteiger partial charge in [0.15, 0.2) is 0 Å². The number of rotatable bonds is 3. The average molecular weight is 194 g/mol. The van der Waals surface area contributed by atoms with Crippen molar-refractivity contribution in [1.29, 1.82) is 0 Å². The van der Waals surface area contributed by atoms with Gasteiger partial charge in [-0.2, -0.15) is 0 Å². The van der Waals surface area contributed by atoms with Gasteiger partial charge >= 0.3 is 11.9 Å². The van der Waals surface area contributed by atoms with E-state index in [9.17, 15) is 9.59 Å². The summed E-state index contributed by atoms with van der Waals surface area (Å²) in [4.78, 5) is 21.2. The van der Waals surface area contributed by atoms with E-state index in [1.165, 1.54) is 25.1 Å². The molecular formula is C10H10O4. The van der Waals surface area contributed by atoms with Crippen molar-refractivity contribution in [3.8, 4) is 0 Å². The van der Waals surface area contributed by atoms with Gasteiger partial charge in [-0.05, 0) is 24.6 Å². The van der Waals surface area contributed by atoms with Crippen LogP contribution in [0.3, 0.4) is 0 Å². The highest BCUT2D eigenvalue weighted by Crippen LogP contribution is 2.16. The largest absolute Gasteiger partial charge is 0.481 e. The standard InChI is InChI=1S/C10H10O4/c1-6(9(11)12)7-3-2-4-8(5-7)10(13)14/h2-6H,1H3,(H,11,12)(H,13,14)/t6-/m0/s1. The molecule has 1 rings (SSSR count).